The molecule has 0 aliphatic rings. The third-order valence-electron chi connectivity index (χ3n) is 3.97. The summed E-state index contributed by atoms with van der Waals surface area (Å²) in [6.45, 7) is 9.50. The fourth-order valence-electron chi connectivity index (χ4n) is 2.62. The number of ether oxygens (including phenoxy) is 3. The third kappa shape index (κ3) is 11.4. The van der Waals surface area contributed by atoms with Gasteiger partial charge >= 0.3 is 0 Å². The number of rotatable bonds is 16. The first kappa shape index (κ1) is 21.8. The molecule has 0 aromatic heterocycles. The van der Waals surface area contributed by atoms with Gasteiger partial charge in [-0.2, -0.15) is 0 Å². The molecular formula is C18H39NO3. The second kappa shape index (κ2) is 14.4. The zero-order valence-electron chi connectivity index (χ0n) is 15.4. The molecule has 0 aliphatic carbocycles. The van der Waals surface area contributed by atoms with Crippen LogP contribution in [0.3, 0.4) is 0 Å². The van der Waals surface area contributed by atoms with Gasteiger partial charge in [0, 0.05) is 13.2 Å². The van der Waals surface area contributed by atoms with Crippen LogP contribution in [-0.2, 0) is 14.2 Å². The number of hydrogen-bond acceptors (Lipinski definition) is 4. The topological polar surface area (TPSA) is 53.7 Å². The quantitative estimate of drug-likeness (QED) is 0.334. The second-order valence-corrected chi connectivity index (χ2v) is 6.18. The zero-order valence-corrected chi connectivity index (χ0v) is 15.4. The summed E-state index contributed by atoms with van der Waals surface area (Å²) < 4.78 is 17.1. The smallest absolute Gasteiger partial charge is 0.272 e. The van der Waals surface area contributed by atoms with E-state index in [0.29, 0.717) is 19.8 Å². The molecule has 2 N–H and O–H groups in total. The summed E-state index contributed by atoms with van der Waals surface area (Å²) in [6.07, 6.45) is 11.0. The van der Waals surface area contributed by atoms with E-state index >= 15 is 0 Å². The van der Waals surface area contributed by atoms with E-state index in [1.54, 1.807) is 0 Å². The highest BCUT2D eigenvalue weighted by molar-refractivity contribution is 4.76. The first-order chi connectivity index (χ1) is 10.6. The van der Waals surface area contributed by atoms with E-state index < -0.39 is 6.48 Å². The van der Waals surface area contributed by atoms with E-state index in [-0.39, 0.29) is 5.60 Å². The van der Waals surface area contributed by atoms with Crippen molar-refractivity contribution >= 4 is 0 Å². The van der Waals surface area contributed by atoms with Crippen molar-refractivity contribution in [1.82, 2.24) is 0 Å². The Labute approximate surface area is 138 Å². The van der Waals surface area contributed by atoms with Crippen molar-refractivity contribution in [2.45, 2.75) is 97.6 Å². The summed E-state index contributed by atoms with van der Waals surface area (Å²) in [7, 11) is 0. The molecule has 0 aromatic rings. The molecule has 22 heavy (non-hydrogen) atoms. The van der Waals surface area contributed by atoms with Crippen LogP contribution in [0.25, 0.3) is 0 Å². The van der Waals surface area contributed by atoms with Crippen molar-refractivity contribution in [3.63, 3.8) is 0 Å². The Hall–Kier alpha value is -0.160. The van der Waals surface area contributed by atoms with E-state index in [1.807, 2.05) is 13.8 Å². The van der Waals surface area contributed by atoms with Crippen LogP contribution in [-0.4, -0.2) is 31.8 Å². The predicted molar refractivity (Wildman–Crippen MR) is 92.8 cm³/mol. The lowest BCUT2D eigenvalue weighted by Crippen LogP contribution is -2.38. The molecule has 0 rings (SSSR count). The average Bonchev–Trinajstić information content (AvgIpc) is 2.47. The fourth-order valence-corrected chi connectivity index (χ4v) is 2.62. The monoisotopic (exact) mass is 317 g/mol. The van der Waals surface area contributed by atoms with Crippen LogP contribution in [0.1, 0.15) is 85.5 Å². The van der Waals surface area contributed by atoms with Crippen molar-refractivity contribution in [2.75, 3.05) is 19.8 Å². The molecule has 0 saturated heterocycles. The maximum Gasteiger partial charge on any atom is 0.272 e. The third-order valence-corrected chi connectivity index (χ3v) is 3.97. The van der Waals surface area contributed by atoms with Gasteiger partial charge in [-0.15, -0.1) is 0 Å². The zero-order chi connectivity index (χ0) is 16.7. The Balaban J connectivity index is 4.12. The summed E-state index contributed by atoms with van der Waals surface area (Å²) in [4.78, 5) is 0. The van der Waals surface area contributed by atoms with E-state index in [4.69, 9.17) is 19.9 Å². The van der Waals surface area contributed by atoms with Crippen molar-refractivity contribution < 1.29 is 14.2 Å². The largest absolute Gasteiger partial charge is 0.330 e. The molecule has 0 spiro atoms. The molecule has 0 aliphatic heterocycles. The van der Waals surface area contributed by atoms with Gasteiger partial charge in [0.1, 0.15) is 0 Å². The molecule has 1 unspecified atom stereocenters. The van der Waals surface area contributed by atoms with Crippen molar-refractivity contribution in [1.29, 1.82) is 0 Å². The van der Waals surface area contributed by atoms with Crippen LogP contribution in [0.5, 0.6) is 0 Å². The average molecular weight is 318 g/mol. The Morgan fingerprint density at radius 3 is 1.86 bits per heavy atom. The molecule has 0 radical (unpaired) electrons. The molecule has 0 fully saturated rings. The van der Waals surface area contributed by atoms with Crippen LogP contribution in [0.15, 0.2) is 0 Å². The summed E-state index contributed by atoms with van der Waals surface area (Å²) >= 11 is 0. The van der Waals surface area contributed by atoms with Crippen LogP contribution in [0.2, 0.25) is 0 Å². The lowest BCUT2D eigenvalue weighted by molar-refractivity contribution is -0.324. The van der Waals surface area contributed by atoms with E-state index in [9.17, 15) is 0 Å². The van der Waals surface area contributed by atoms with Crippen molar-refractivity contribution in [2.24, 2.45) is 5.73 Å². The molecule has 4 nitrogen and oxygen atoms in total. The van der Waals surface area contributed by atoms with Crippen LogP contribution >= 0.6 is 0 Å². The van der Waals surface area contributed by atoms with Crippen LogP contribution in [0, 0.1) is 0 Å². The summed E-state index contributed by atoms with van der Waals surface area (Å²) in [5.41, 5.74) is 5.51. The van der Waals surface area contributed by atoms with Crippen molar-refractivity contribution in [3.8, 4) is 0 Å². The minimum absolute atomic E-state index is 0.257. The molecule has 0 bridgehead atoms. The number of hydrogen-bond donors (Lipinski definition) is 1. The molecule has 0 heterocycles. The summed E-state index contributed by atoms with van der Waals surface area (Å²) in [5, 5.41) is 0. The Bertz CT molecular complexity index is 232. The highest BCUT2D eigenvalue weighted by atomic mass is 16.8. The van der Waals surface area contributed by atoms with Crippen molar-refractivity contribution in [3.05, 3.63) is 0 Å². The van der Waals surface area contributed by atoms with E-state index in [1.165, 1.54) is 44.9 Å². The number of nitrogens with two attached hydrogens (primary N) is 1. The minimum Gasteiger partial charge on any atom is -0.330 e. The summed E-state index contributed by atoms with van der Waals surface area (Å²) in [6, 6.07) is 0. The maximum atomic E-state index is 6.08. The minimum atomic E-state index is -0.573. The molecular weight excluding hydrogens is 278 g/mol. The van der Waals surface area contributed by atoms with Gasteiger partial charge in [0.15, 0.2) is 0 Å². The summed E-state index contributed by atoms with van der Waals surface area (Å²) in [5.74, 6) is 0. The Kier molecular flexibility index (Phi) is 14.3. The van der Waals surface area contributed by atoms with Gasteiger partial charge in [0.25, 0.3) is 6.48 Å². The lowest BCUT2D eigenvalue weighted by Gasteiger charge is -2.33. The highest BCUT2D eigenvalue weighted by Gasteiger charge is 2.28. The molecule has 0 amide bonds. The van der Waals surface area contributed by atoms with Gasteiger partial charge in [-0.1, -0.05) is 51.9 Å². The van der Waals surface area contributed by atoms with E-state index in [0.717, 1.165) is 12.8 Å². The van der Waals surface area contributed by atoms with Gasteiger partial charge in [-0.25, -0.2) is 0 Å². The number of unbranched alkanes of at least 4 members (excludes halogenated alkanes) is 6. The second-order valence-electron chi connectivity index (χ2n) is 6.18. The SMILES string of the molecule is CCCCCCCCCC(C)(CCN)OC(OCC)OCC. The predicted octanol–water partition coefficient (Wildman–Crippen LogP) is 4.61. The van der Waals surface area contributed by atoms with Gasteiger partial charge in [0.05, 0.1) is 5.60 Å². The van der Waals surface area contributed by atoms with Crippen LogP contribution in [0.4, 0.5) is 0 Å². The standard InChI is InChI=1S/C18H39NO3/c1-5-8-9-10-11-12-13-14-18(4,15-16-19)22-17(20-6-2)21-7-3/h17H,5-16,19H2,1-4H3. The molecule has 0 aromatic carbocycles. The van der Waals surface area contributed by atoms with Gasteiger partial charge < -0.3 is 19.9 Å². The fraction of sp³-hybridized carbons (Fsp3) is 1.00. The van der Waals surface area contributed by atoms with E-state index in [2.05, 4.69) is 13.8 Å². The Morgan fingerprint density at radius 1 is 0.818 bits per heavy atom. The Morgan fingerprint density at radius 2 is 1.36 bits per heavy atom. The molecule has 4 heteroatoms. The maximum absolute atomic E-state index is 6.08. The molecule has 134 valence electrons. The van der Waals surface area contributed by atoms with Gasteiger partial charge in [0.2, 0.25) is 0 Å². The first-order valence-corrected chi connectivity index (χ1v) is 9.23. The van der Waals surface area contributed by atoms with Crippen LogP contribution < -0.4 is 5.73 Å². The molecule has 1 atom stereocenters. The first-order valence-electron chi connectivity index (χ1n) is 9.23. The highest BCUT2D eigenvalue weighted by Crippen LogP contribution is 2.26. The normalized spacial score (nSPS) is 14.5. The molecule has 0 saturated carbocycles. The lowest BCUT2D eigenvalue weighted by atomic mass is 9.94. The van der Waals surface area contributed by atoms with Gasteiger partial charge in [-0.05, 0) is 40.2 Å². The van der Waals surface area contributed by atoms with Gasteiger partial charge in [-0.3, -0.25) is 0 Å².